The minimum atomic E-state index is -0.158. The largest absolute Gasteiger partial charge is 0.369 e. The Morgan fingerprint density at radius 3 is 2.39 bits per heavy atom. The number of amides is 1. The number of aromatic nitrogens is 4. The summed E-state index contributed by atoms with van der Waals surface area (Å²) in [5, 5.41) is 13.6. The van der Waals surface area contributed by atoms with Crippen molar-refractivity contribution in [1.82, 2.24) is 25.1 Å². The van der Waals surface area contributed by atoms with E-state index in [9.17, 15) is 4.79 Å². The van der Waals surface area contributed by atoms with Gasteiger partial charge in [0, 0.05) is 44.1 Å². The Labute approximate surface area is 163 Å². The van der Waals surface area contributed by atoms with Crippen molar-refractivity contribution in [3.8, 4) is 0 Å². The number of carbonyl (C=O) groups excluding carboxylic acids is 1. The number of nitrogens with one attached hydrogen (secondary N) is 1. The molecule has 1 N–H and O–H groups in total. The number of carbonyl (C=O) groups is 1. The molecule has 0 saturated carbocycles. The maximum absolute atomic E-state index is 12.0. The highest BCUT2D eigenvalue weighted by molar-refractivity contribution is 5.90. The van der Waals surface area contributed by atoms with E-state index in [0.29, 0.717) is 0 Å². The van der Waals surface area contributed by atoms with Gasteiger partial charge in [-0.3, -0.25) is 9.69 Å². The fourth-order valence-corrected chi connectivity index (χ4v) is 3.36. The Bertz CT molecular complexity index is 873. The van der Waals surface area contributed by atoms with Gasteiger partial charge in [-0.25, -0.2) is 4.68 Å². The summed E-state index contributed by atoms with van der Waals surface area (Å²) in [5.74, 6) is -0.158. The van der Waals surface area contributed by atoms with Gasteiger partial charge in [0.1, 0.15) is 12.9 Å². The van der Waals surface area contributed by atoms with Crippen LogP contribution in [0.2, 0.25) is 0 Å². The molecule has 1 fully saturated rings. The van der Waals surface area contributed by atoms with E-state index < -0.39 is 0 Å². The normalized spacial score (nSPS) is 14.8. The molecule has 2 heterocycles. The molecule has 0 atom stereocenters. The number of rotatable bonds is 6. The fourth-order valence-electron chi connectivity index (χ4n) is 3.36. The number of anilines is 2. The standard InChI is InChI=1S/C20H23N7O/c28-20(15-27-16-21-23-24-27)22-18-6-8-19(9-7-18)26-12-10-25(11-13-26)14-17-4-2-1-3-5-17/h1-9,16H,10-15H2,(H,22,28). The van der Waals surface area contributed by atoms with Crippen molar-refractivity contribution in [1.29, 1.82) is 0 Å². The molecule has 1 aromatic heterocycles. The SMILES string of the molecule is O=C(Cn1cnnn1)Nc1ccc(N2CCN(Cc3ccccc3)CC2)cc1. The highest BCUT2D eigenvalue weighted by atomic mass is 16.2. The zero-order chi connectivity index (χ0) is 19.2. The Morgan fingerprint density at radius 1 is 0.964 bits per heavy atom. The lowest BCUT2D eigenvalue weighted by atomic mass is 10.2. The molecule has 0 radical (unpaired) electrons. The maximum Gasteiger partial charge on any atom is 0.246 e. The summed E-state index contributed by atoms with van der Waals surface area (Å²) in [6.07, 6.45) is 1.42. The van der Waals surface area contributed by atoms with Crippen LogP contribution < -0.4 is 10.2 Å². The molecular weight excluding hydrogens is 354 g/mol. The molecule has 1 amide bonds. The van der Waals surface area contributed by atoms with Crippen molar-refractivity contribution < 1.29 is 4.79 Å². The van der Waals surface area contributed by atoms with Crippen molar-refractivity contribution >= 4 is 17.3 Å². The van der Waals surface area contributed by atoms with Gasteiger partial charge in [-0.1, -0.05) is 30.3 Å². The molecule has 0 unspecified atom stereocenters. The zero-order valence-corrected chi connectivity index (χ0v) is 15.6. The van der Waals surface area contributed by atoms with Crippen LogP contribution in [-0.2, 0) is 17.9 Å². The van der Waals surface area contributed by atoms with Gasteiger partial charge in [-0.05, 0) is 40.3 Å². The fraction of sp³-hybridized carbons (Fsp3) is 0.300. The molecule has 1 aliphatic rings. The molecule has 1 aliphatic heterocycles. The van der Waals surface area contributed by atoms with Gasteiger partial charge in [0.2, 0.25) is 5.91 Å². The second-order valence-corrected chi connectivity index (χ2v) is 6.85. The van der Waals surface area contributed by atoms with Crippen molar-refractivity contribution in [2.24, 2.45) is 0 Å². The van der Waals surface area contributed by atoms with E-state index in [4.69, 9.17) is 0 Å². The summed E-state index contributed by atoms with van der Waals surface area (Å²) < 4.78 is 1.39. The van der Waals surface area contributed by atoms with Crippen LogP contribution in [0.3, 0.4) is 0 Å². The minimum Gasteiger partial charge on any atom is -0.369 e. The first kappa shape index (κ1) is 18.1. The summed E-state index contributed by atoms with van der Waals surface area (Å²) in [7, 11) is 0. The average molecular weight is 377 g/mol. The zero-order valence-electron chi connectivity index (χ0n) is 15.6. The Kier molecular flexibility index (Phi) is 5.58. The molecule has 144 valence electrons. The van der Waals surface area contributed by atoms with Crippen LogP contribution in [0, 0.1) is 0 Å². The topological polar surface area (TPSA) is 79.2 Å². The van der Waals surface area contributed by atoms with Crippen molar-refractivity contribution in [2.75, 3.05) is 36.4 Å². The summed E-state index contributed by atoms with van der Waals surface area (Å²) in [5.41, 5.74) is 3.31. The molecule has 0 bridgehead atoms. The average Bonchev–Trinajstić information content (AvgIpc) is 3.23. The number of hydrogen-bond acceptors (Lipinski definition) is 6. The van der Waals surface area contributed by atoms with E-state index in [0.717, 1.165) is 38.4 Å². The predicted molar refractivity (Wildman–Crippen MR) is 107 cm³/mol. The number of tetrazole rings is 1. The second kappa shape index (κ2) is 8.62. The van der Waals surface area contributed by atoms with Crippen LogP contribution in [-0.4, -0.2) is 57.2 Å². The lowest BCUT2D eigenvalue weighted by Crippen LogP contribution is -2.45. The van der Waals surface area contributed by atoms with E-state index in [2.05, 4.69) is 73.1 Å². The van der Waals surface area contributed by atoms with Crippen LogP contribution in [0.5, 0.6) is 0 Å². The highest BCUT2D eigenvalue weighted by Gasteiger charge is 2.17. The molecule has 28 heavy (non-hydrogen) atoms. The first-order chi connectivity index (χ1) is 13.8. The lowest BCUT2D eigenvalue weighted by Gasteiger charge is -2.36. The molecule has 3 aromatic rings. The van der Waals surface area contributed by atoms with Crippen LogP contribution in [0.4, 0.5) is 11.4 Å². The first-order valence-electron chi connectivity index (χ1n) is 9.38. The van der Waals surface area contributed by atoms with Crippen LogP contribution in [0.1, 0.15) is 5.56 Å². The van der Waals surface area contributed by atoms with Crippen molar-refractivity contribution in [2.45, 2.75) is 13.1 Å². The molecule has 2 aromatic carbocycles. The molecular formula is C20H23N7O. The van der Waals surface area contributed by atoms with Crippen LogP contribution in [0.15, 0.2) is 60.9 Å². The number of nitrogens with zero attached hydrogens (tertiary/aromatic N) is 6. The summed E-state index contributed by atoms with van der Waals surface area (Å²) in [6, 6.07) is 18.6. The molecule has 4 rings (SSSR count). The molecule has 0 aliphatic carbocycles. The maximum atomic E-state index is 12.0. The Balaban J connectivity index is 1.27. The quantitative estimate of drug-likeness (QED) is 0.703. The lowest BCUT2D eigenvalue weighted by molar-refractivity contribution is -0.116. The molecule has 1 saturated heterocycles. The van der Waals surface area contributed by atoms with Crippen molar-refractivity contribution in [3.63, 3.8) is 0 Å². The summed E-state index contributed by atoms with van der Waals surface area (Å²) >= 11 is 0. The first-order valence-corrected chi connectivity index (χ1v) is 9.38. The van der Waals surface area contributed by atoms with Gasteiger partial charge in [-0.15, -0.1) is 5.10 Å². The molecule has 8 nitrogen and oxygen atoms in total. The van der Waals surface area contributed by atoms with Gasteiger partial charge >= 0.3 is 0 Å². The van der Waals surface area contributed by atoms with E-state index in [1.807, 2.05) is 12.1 Å². The van der Waals surface area contributed by atoms with Crippen LogP contribution >= 0.6 is 0 Å². The third-order valence-corrected chi connectivity index (χ3v) is 4.83. The van der Waals surface area contributed by atoms with E-state index in [1.54, 1.807) is 0 Å². The van der Waals surface area contributed by atoms with Gasteiger partial charge in [0.15, 0.2) is 0 Å². The second-order valence-electron chi connectivity index (χ2n) is 6.85. The Morgan fingerprint density at radius 2 is 1.71 bits per heavy atom. The Hall–Kier alpha value is -3.26. The molecule has 0 spiro atoms. The number of benzene rings is 2. The van der Waals surface area contributed by atoms with Gasteiger partial charge < -0.3 is 10.2 Å². The smallest absolute Gasteiger partial charge is 0.246 e. The summed E-state index contributed by atoms with van der Waals surface area (Å²) in [4.78, 5) is 16.9. The third kappa shape index (κ3) is 4.72. The number of hydrogen-bond donors (Lipinski definition) is 1. The minimum absolute atomic E-state index is 0.0954. The van der Waals surface area contributed by atoms with E-state index >= 15 is 0 Å². The van der Waals surface area contributed by atoms with Crippen molar-refractivity contribution in [3.05, 3.63) is 66.5 Å². The van der Waals surface area contributed by atoms with Gasteiger partial charge in [-0.2, -0.15) is 0 Å². The molecule has 8 heteroatoms. The van der Waals surface area contributed by atoms with Gasteiger partial charge in [0.25, 0.3) is 0 Å². The van der Waals surface area contributed by atoms with Gasteiger partial charge in [0.05, 0.1) is 0 Å². The monoisotopic (exact) mass is 377 g/mol. The van der Waals surface area contributed by atoms with E-state index in [1.165, 1.54) is 22.3 Å². The predicted octanol–water partition coefficient (Wildman–Crippen LogP) is 1.63. The third-order valence-electron chi connectivity index (χ3n) is 4.83. The summed E-state index contributed by atoms with van der Waals surface area (Å²) in [6.45, 7) is 5.17. The van der Waals surface area contributed by atoms with Crippen LogP contribution in [0.25, 0.3) is 0 Å². The highest BCUT2D eigenvalue weighted by Crippen LogP contribution is 2.20. The number of piperazine rings is 1. The van der Waals surface area contributed by atoms with E-state index in [-0.39, 0.29) is 12.5 Å².